The molecule has 0 fully saturated rings. The molecular weight excluding hydrogens is 504 g/mol. The molecule has 0 radical (unpaired) electrons. The van der Waals surface area contributed by atoms with E-state index in [-0.39, 0.29) is 23.3 Å². The van der Waals surface area contributed by atoms with E-state index in [4.69, 9.17) is 14.2 Å². The molecule has 1 aromatic heterocycles. The summed E-state index contributed by atoms with van der Waals surface area (Å²) in [5, 5.41) is 4.61. The zero-order valence-corrected chi connectivity index (χ0v) is 20.9. The number of nitrogens with zero attached hydrogens (tertiary/aromatic N) is 1. The molecule has 1 aliphatic heterocycles. The van der Waals surface area contributed by atoms with Gasteiger partial charge in [0.15, 0.2) is 17.2 Å². The van der Waals surface area contributed by atoms with Crippen LogP contribution in [0.5, 0.6) is 11.5 Å². The smallest absolute Gasteiger partial charge is 0.363 e. The summed E-state index contributed by atoms with van der Waals surface area (Å²) in [6.07, 6.45) is 1.55. The second-order valence-corrected chi connectivity index (χ2v) is 8.96. The summed E-state index contributed by atoms with van der Waals surface area (Å²) in [6.45, 7) is 0. The van der Waals surface area contributed by atoms with E-state index in [1.807, 2.05) is 6.07 Å². The highest BCUT2D eigenvalue weighted by atomic mass is 32.1. The number of rotatable bonds is 7. The Morgan fingerprint density at radius 3 is 2.45 bits per heavy atom. The number of ether oxygens (including phenoxy) is 3. The Balaban J connectivity index is 1.30. The number of hydrogen-bond donors (Lipinski definition) is 1. The number of nitrogens with one attached hydrogen (secondary N) is 1. The fraction of sp³-hybridized carbons (Fsp3) is 0.0345. The van der Waals surface area contributed by atoms with Gasteiger partial charge in [-0.1, -0.05) is 30.3 Å². The van der Waals surface area contributed by atoms with Crippen molar-refractivity contribution in [1.29, 1.82) is 0 Å². The van der Waals surface area contributed by atoms with Gasteiger partial charge in [0.1, 0.15) is 4.88 Å². The van der Waals surface area contributed by atoms with Crippen molar-refractivity contribution in [3.8, 4) is 11.5 Å². The molecule has 2 heterocycles. The highest BCUT2D eigenvalue weighted by molar-refractivity contribution is 7.12. The van der Waals surface area contributed by atoms with E-state index in [9.17, 15) is 14.4 Å². The number of methoxy groups -OCH3 is 1. The zero-order chi connectivity index (χ0) is 26.5. The molecule has 0 spiro atoms. The molecule has 1 N–H and O–H groups in total. The number of anilines is 1. The quantitative estimate of drug-likeness (QED) is 0.193. The van der Waals surface area contributed by atoms with Crippen LogP contribution in [0.3, 0.4) is 0 Å². The average molecular weight is 525 g/mol. The number of esters is 2. The lowest BCUT2D eigenvalue weighted by molar-refractivity contribution is -0.129. The Morgan fingerprint density at radius 2 is 1.74 bits per heavy atom. The van der Waals surface area contributed by atoms with Crippen LogP contribution in [-0.4, -0.2) is 30.9 Å². The van der Waals surface area contributed by atoms with E-state index in [1.54, 1.807) is 90.3 Å². The standard InChI is InChI=1S/C29H20N2O6S/c1-35-24-17-18(9-14-23(24)36-29(34)25-8-5-15-38-25)16-22-28(33)37-27(31-22)20-10-12-21(13-11-20)30-26(32)19-6-3-2-4-7-19/h2-17H,1H3,(H,30,32)/b22-16+. The number of hydrogen-bond acceptors (Lipinski definition) is 8. The number of carbonyl (C=O) groups excluding carboxylic acids is 3. The van der Waals surface area contributed by atoms with Crippen molar-refractivity contribution in [3.63, 3.8) is 0 Å². The van der Waals surface area contributed by atoms with Crippen molar-refractivity contribution in [2.24, 2.45) is 4.99 Å². The van der Waals surface area contributed by atoms with E-state index >= 15 is 0 Å². The SMILES string of the molecule is COc1cc(/C=C2/N=C(c3ccc(NC(=O)c4ccccc4)cc3)OC2=O)ccc1OC(=O)c1cccs1. The fourth-order valence-corrected chi connectivity index (χ4v) is 4.18. The molecule has 0 aliphatic carbocycles. The zero-order valence-electron chi connectivity index (χ0n) is 20.0. The Labute approximate surface area is 221 Å². The highest BCUT2D eigenvalue weighted by Gasteiger charge is 2.24. The van der Waals surface area contributed by atoms with Crippen LogP contribution < -0.4 is 14.8 Å². The predicted molar refractivity (Wildman–Crippen MR) is 144 cm³/mol. The molecule has 1 aliphatic rings. The van der Waals surface area contributed by atoms with Crippen LogP contribution in [0.15, 0.2) is 101 Å². The second-order valence-electron chi connectivity index (χ2n) is 8.01. The highest BCUT2D eigenvalue weighted by Crippen LogP contribution is 2.31. The van der Waals surface area contributed by atoms with E-state index < -0.39 is 11.9 Å². The summed E-state index contributed by atoms with van der Waals surface area (Å²) in [7, 11) is 1.46. The Morgan fingerprint density at radius 1 is 0.947 bits per heavy atom. The molecule has 0 unspecified atom stereocenters. The summed E-state index contributed by atoms with van der Waals surface area (Å²) in [6, 6.07) is 24.0. The third-order valence-corrected chi connectivity index (χ3v) is 6.31. The second kappa shape index (κ2) is 10.9. The molecule has 38 heavy (non-hydrogen) atoms. The maximum Gasteiger partial charge on any atom is 0.363 e. The first kappa shape index (κ1) is 24.7. The number of amides is 1. The van der Waals surface area contributed by atoms with Gasteiger partial charge in [-0.3, -0.25) is 4.79 Å². The number of thiophene rings is 1. The minimum atomic E-state index is -0.603. The largest absolute Gasteiger partial charge is 0.493 e. The molecule has 1 amide bonds. The van der Waals surface area contributed by atoms with Crippen molar-refractivity contribution < 1.29 is 28.6 Å². The summed E-state index contributed by atoms with van der Waals surface area (Å²) in [5.74, 6) is -0.581. The van der Waals surface area contributed by atoms with Gasteiger partial charge >= 0.3 is 11.9 Å². The lowest BCUT2D eigenvalue weighted by Gasteiger charge is -2.09. The molecule has 0 saturated carbocycles. The van der Waals surface area contributed by atoms with E-state index in [2.05, 4.69) is 10.3 Å². The number of cyclic esters (lactones) is 1. The van der Waals surface area contributed by atoms with Crippen LogP contribution in [-0.2, 0) is 9.53 Å². The van der Waals surface area contributed by atoms with Gasteiger partial charge in [-0.05, 0) is 71.6 Å². The molecule has 8 nitrogen and oxygen atoms in total. The van der Waals surface area contributed by atoms with Crippen molar-refractivity contribution in [2.75, 3.05) is 12.4 Å². The average Bonchev–Trinajstić information content (AvgIpc) is 3.61. The fourth-order valence-electron chi connectivity index (χ4n) is 3.58. The molecule has 0 saturated heterocycles. The van der Waals surface area contributed by atoms with Gasteiger partial charge in [0.2, 0.25) is 5.90 Å². The van der Waals surface area contributed by atoms with Crippen LogP contribution in [0.4, 0.5) is 5.69 Å². The van der Waals surface area contributed by atoms with E-state index in [0.29, 0.717) is 33.0 Å². The first-order valence-corrected chi connectivity index (χ1v) is 12.3. The van der Waals surface area contributed by atoms with E-state index in [0.717, 1.165) is 0 Å². The number of carbonyl (C=O) groups is 3. The van der Waals surface area contributed by atoms with Crippen LogP contribution in [0.25, 0.3) is 6.08 Å². The molecule has 9 heteroatoms. The third-order valence-electron chi connectivity index (χ3n) is 5.46. The molecule has 5 rings (SSSR count). The van der Waals surface area contributed by atoms with Gasteiger partial charge in [-0.25, -0.2) is 14.6 Å². The minimum absolute atomic E-state index is 0.104. The van der Waals surface area contributed by atoms with Gasteiger partial charge in [-0.15, -0.1) is 11.3 Å². The Bertz CT molecular complexity index is 1560. The first-order valence-electron chi connectivity index (χ1n) is 11.4. The van der Waals surface area contributed by atoms with Crippen LogP contribution in [0.1, 0.15) is 31.2 Å². The minimum Gasteiger partial charge on any atom is -0.493 e. The molecule has 0 atom stereocenters. The molecule has 0 bridgehead atoms. The van der Waals surface area contributed by atoms with Gasteiger partial charge in [0.25, 0.3) is 5.91 Å². The first-order chi connectivity index (χ1) is 18.5. The van der Waals surface area contributed by atoms with Crippen LogP contribution in [0, 0.1) is 0 Å². The topological polar surface area (TPSA) is 103 Å². The molecule has 4 aromatic rings. The van der Waals surface area contributed by atoms with E-state index in [1.165, 1.54) is 18.4 Å². The lowest BCUT2D eigenvalue weighted by atomic mass is 10.1. The van der Waals surface area contributed by atoms with Crippen molar-refractivity contribution in [1.82, 2.24) is 0 Å². The third kappa shape index (κ3) is 5.53. The number of benzene rings is 3. The molecule has 3 aromatic carbocycles. The molecule has 188 valence electrons. The molecular formula is C29H20N2O6S. The van der Waals surface area contributed by atoms with Gasteiger partial charge in [0.05, 0.1) is 7.11 Å². The van der Waals surface area contributed by atoms with Crippen molar-refractivity contribution in [3.05, 3.63) is 118 Å². The Hall–Kier alpha value is -5.02. The van der Waals surface area contributed by atoms with Gasteiger partial charge < -0.3 is 19.5 Å². The van der Waals surface area contributed by atoms with Crippen molar-refractivity contribution in [2.45, 2.75) is 0 Å². The summed E-state index contributed by atoms with van der Waals surface area (Å²) in [5.41, 5.74) is 2.43. The summed E-state index contributed by atoms with van der Waals surface area (Å²) >= 11 is 1.28. The van der Waals surface area contributed by atoms with Crippen LogP contribution >= 0.6 is 11.3 Å². The Kier molecular flexibility index (Phi) is 7.10. The number of aliphatic imine (C=N–C) groups is 1. The summed E-state index contributed by atoms with van der Waals surface area (Å²) < 4.78 is 16.2. The normalized spacial score (nSPS) is 13.6. The van der Waals surface area contributed by atoms with Gasteiger partial charge in [0, 0.05) is 16.8 Å². The van der Waals surface area contributed by atoms with Crippen molar-refractivity contribution >= 4 is 46.8 Å². The summed E-state index contributed by atoms with van der Waals surface area (Å²) in [4.78, 5) is 41.9. The van der Waals surface area contributed by atoms with Gasteiger partial charge in [-0.2, -0.15) is 0 Å². The maximum absolute atomic E-state index is 12.5. The lowest BCUT2D eigenvalue weighted by Crippen LogP contribution is -2.12. The maximum atomic E-state index is 12.5. The monoisotopic (exact) mass is 524 g/mol. The predicted octanol–water partition coefficient (Wildman–Crippen LogP) is 5.57. The van der Waals surface area contributed by atoms with Crippen LogP contribution in [0.2, 0.25) is 0 Å².